The van der Waals surface area contributed by atoms with Gasteiger partial charge < -0.3 is 15.7 Å². The quantitative estimate of drug-likeness (QED) is 0.713. The molecule has 1 aliphatic rings. The summed E-state index contributed by atoms with van der Waals surface area (Å²) < 4.78 is 51.6. The smallest absolute Gasteiger partial charge is 0.391 e. The highest BCUT2D eigenvalue weighted by molar-refractivity contribution is 5.98. The third-order valence-corrected chi connectivity index (χ3v) is 3.56. The molecule has 24 heavy (non-hydrogen) atoms. The molecule has 1 aliphatic carbocycles. The second-order valence-corrected chi connectivity index (χ2v) is 5.68. The Labute approximate surface area is 135 Å². The molecule has 0 heterocycles. The summed E-state index contributed by atoms with van der Waals surface area (Å²) in [6.45, 7) is 1.24. The number of benzene rings is 1. The summed E-state index contributed by atoms with van der Waals surface area (Å²) in [5.74, 6) is -2.73. The van der Waals surface area contributed by atoms with Gasteiger partial charge in [0.1, 0.15) is 11.9 Å². The zero-order chi connectivity index (χ0) is 18.1. The second-order valence-electron chi connectivity index (χ2n) is 5.68. The highest BCUT2D eigenvalue weighted by Gasteiger charge is 2.35. The molecule has 1 aromatic carbocycles. The number of aliphatic hydroxyl groups excluding tert-OH is 1. The molecule has 5 nitrogen and oxygen atoms in total. The van der Waals surface area contributed by atoms with Crippen LogP contribution in [0, 0.1) is 11.7 Å². The molecule has 0 spiro atoms. The average Bonchev–Trinajstić information content (AvgIpc) is 3.29. The maximum absolute atomic E-state index is 13.7. The van der Waals surface area contributed by atoms with E-state index in [4.69, 9.17) is 0 Å². The summed E-state index contributed by atoms with van der Waals surface area (Å²) in [4.78, 5) is 23.8. The Kier molecular flexibility index (Phi) is 5.12. The number of carbonyl (C=O) groups excluding carboxylic acids is 2. The SMILES string of the molecule is CC(O)C(NC(=O)C1CC1)C(=O)Nc1cc(C(F)(F)F)ccc1F. The monoisotopic (exact) mass is 348 g/mol. The Morgan fingerprint density at radius 1 is 1.29 bits per heavy atom. The van der Waals surface area contributed by atoms with Gasteiger partial charge in [-0.15, -0.1) is 0 Å². The van der Waals surface area contributed by atoms with Gasteiger partial charge in [-0.2, -0.15) is 13.2 Å². The van der Waals surface area contributed by atoms with Crippen molar-refractivity contribution in [2.45, 2.75) is 38.1 Å². The molecule has 132 valence electrons. The van der Waals surface area contributed by atoms with Gasteiger partial charge in [0, 0.05) is 5.92 Å². The Bertz CT molecular complexity index is 642. The van der Waals surface area contributed by atoms with Crippen molar-refractivity contribution in [3.8, 4) is 0 Å². The first-order valence-corrected chi connectivity index (χ1v) is 7.25. The lowest BCUT2D eigenvalue weighted by atomic mass is 10.1. The van der Waals surface area contributed by atoms with E-state index in [-0.39, 0.29) is 5.92 Å². The van der Waals surface area contributed by atoms with Crippen LogP contribution in [-0.2, 0) is 15.8 Å². The molecule has 1 aromatic rings. The van der Waals surface area contributed by atoms with Crippen molar-refractivity contribution in [2.75, 3.05) is 5.32 Å². The molecule has 0 radical (unpaired) electrons. The standard InChI is InChI=1S/C15H16F4N2O3/c1-7(22)12(21-13(23)8-2-3-8)14(24)20-11-6-9(15(17,18)19)4-5-10(11)16/h4-8,12,22H,2-3H2,1H3,(H,20,24)(H,21,23). The predicted molar refractivity (Wildman–Crippen MR) is 76.4 cm³/mol. The zero-order valence-corrected chi connectivity index (χ0v) is 12.7. The maximum Gasteiger partial charge on any atom is 0.416 e. The Balaban J connectivity index is 2.15. The van der Waals surface area contributed by atoms with Crippen molar-refractivity contribution in [1.82, 2.24) is 5.32 Å². The number of hydrogen-bond acceptors (Lipinski definition) is 3. The summed E-state index contributed by atoms with van der Waals surface area (Å²) in [7, 11) is 0. The minimum absolute atomic E-state index is 0.232. The number of rotatable bonds is 5. The first kappa shape index (κ1) is 18.2. The van der Waals surface area contributed by atoms with Crippen LogP contribution in [0.5, 0.6) is 0 Å². The molecule has 0 aromatic heterocycles. The van der Waals surface area contributed by atoms with Crippen LogP contribution in [0.25, 0.3) is 0 Å². The number of amides is 2. The van der Waals surface area contributed by atoms with Gasteiger partial charge in [-0.1, -0.05) is 0 Å². The van der Waals surface area contributed by atoms with Crippen LogP contribution in [0.1, 0.15) is 25.3 Å². The summed E-state index contributed by atoms with van der Waals surface area (Å²) in [6, 6.07) is 0.187. The number of nitrogens with one attached hydrogen (secondary N) is 2. The van der Waals surface area contributed by atoms with Crippen molar-refractivity contribution >= 4 is 17.5 Å². The molecule has 2 amide bonds. The molecule has 2 rings (SSSR count). The molecule has 0 bridgehead atoms. The topological polar surface area (TPSA) is 78.4 Å². The lowest BCUT2D eigenvalue weighted by molar-refractivity contribution is -0.137. The number of alkyl halides is 3. The van der Waals surface area contributed by atoms with Crippen molar-refractivity contribution in [3.63, 3.8) is 0 Å². The molecule has 0 aliphatic heterocycles. The lowest BCUT2D eigenvalue weighted by Gasteiger charge is -2.21. The second kappa shape index (κ2) is 6.76. The van der Waals surface area contributed by atoms with Crippen LogP contribution < -0.4 is 10.6 Å². The first-order valence-electron chi connectivity index (χ1n) is 7.25. The van der Waals surface area contributed by atoms with E-state index in [0.717, 1.165) is 0 Å². The van der Waals surface area contributed by atoms with Crippen LogP contribution in [0.3, 0.4) is 0 Å². The van der Waals surface area contributed by atoms with Crippen LogP contribution in [0.15, 0.2) is 18.2 Å². The molecule has 0 saturated heterocycles. The van der Waals surface area contributed by atoms with Gasteiger partial charge in [-0.3, -0.25) is 9.59 Å². The highest BCUT2D eigenvalue weighted by Crippen LogP contribution is 2.32. The van der Waals surface area contributed by atoms with Gasteiger partial charge in [-0.25, -0.2) is 4.39 Å². The zero-order valence-electron chi connectivity index (χ0n) is 12.7. The van der Waals surface area contributed by atoms with Gasteiger partial charge in [0.2, 0.25) is 11.8 Å². The Morgan fingerprint density at radius 3 is 2.42 bits per heavy atom. The van der Waals surface area contributed by atoms with E-state index in [9.17, 15) is 32.3 Å². The fourth-order valence-electron chi connectivity index (χ4n) is 2.03. The van der Waals surface area contributed by atoms with Crippen molar-refractivity contribution in [2.24, 2.45) is 5.92 Å². The summed E-state index contributed by atoms with van der Waals surface area (Å²) in [6.07, 6.45) is -4.66. The number of carbonyl (C=O) groups is 2. The minimum atomic E-state index is -4.70. The van der Waals surface area contributed by atoms with E-state index >= 15 is 0 Å². The molecule has 2 atom stereocenters. The highest BCUT2D eigenvalue weighted by atomic mass is 19.4. The molecule has 2 unspecified atom stereocenters. The van der Waals surface area contributed by atoms with E-state index in [1.807, 2.05) is 5.32 Å². The lowest BCUT2D eigenvalue weighted by Crippen LogP contribution is -2.50. The predicted octanol–water partition coefficient (Wildman–Crippen LogP) is 2.06. The van der Waals surface area contributed by atoms with Crippen molar-refractivity contribution in [1.29, 1.82) is 0 Å². The molecule has 1 fully saturated rings. The first-order chi connectivity index (χ1) is 11.1. The van der Waals surface area contributed by atoms with E-state index in [1.54, 1.807) is 0 Å². The summed E-state index contributed by atoms with van der Waals surface area (Å²) in [5, 5.41) is 13.9. The molecule has 3 N–H and O–H groups in total. The number of anilines is 1. The van der Waals surface area contributed by atoms with Crippen LogP contribution in [0.2, 0.25) is 0 Å². The Morgan fingerprint density at radius 2 is 1.92 bits per heavy atom. The summed E-state index contributed by atoms with van der Waals surface area (Å²) >= 11 is 0. The fraction of sp³-hybridized carbons (Fsp3) is 0.467. The molecular weight excluding hydrogens is 332 g/mol. The van der Waals surface area contributed by atoms with E-state index < -0.39 is 47.2 Å². The number of halogens is 4. The molecular formula is C15H16F4N2O3. The average molecular weight is 348 g/mol. The third-order valence-electron chi connectivity index (χ3n) is 3.56. The number of aliphatic hydroxyl groups is 1. The van der Waals surface area contributed by atoms with Crippen LogP contribution in [-0.4, -0.2) is 29.1 Å². The van der Waals surface area contributed by atoms with Gasteiger partial charge >= 0.3 is 6.18 Å². The van der Waals surface area contributed by atoms with Gasteiger partial charge in [0.15, 0.2) is 0 Å². The summed E-state index contributed by atoms with van der Waals surface area (Å²) in [5.41, 5.74) is -1.81. The van der Waals surface area contributed by atoms with Gasteiger partial charge in [0.05, 0.1) is 17.4 Å². The van der Waals surface area contributed by atoms with E-state index in [2.05, 4.69) is 5.32 Å². The molecule has 9 heteroatoms. The van der Waals surface area contributed by atoms with Crippen molar-refractivity contribution < 1.29 is 32.3 Å². The van der Waals surface area contributed by atoms with Crippen molar-refractivity contribution in [3.05, 3.63) is 29.6 Å². The van der Waals surface area contributed by atoms with Crippen LogP contribution >= 0.6 is 0 Å². The largest absolute Gasteiger partial charge is 0.416 e. The van der Waals surface area contributed by atoms with Gasteiger partial charge in [0.25, 0.3) is 0 Å². The van der Waals surface area contributed by atoms with Gasteiger partial charge in [-0.05, 0) is 38.0 Å². The normalized spacial score (nSPS) is 17.1. The van der Waals surface area contributed by atoms with Crippen LogP contribution in [0.4, 0.5) is 23.2 Å². The van der Waals surface area contributed by atoms with E-state index in [0.29, 0.717) is 31.0 Å². The minimum Gasteiger partial charge on any atom is -0.391 e. The molecule has 1 saturated carbocycles. The van der Waals surface area contributed by atoms with E-state index in [1.165, 1.54) is 6.92 Å². The maximum atomic E-state index is 13.7. The third kappa shape index (κ3) is 4.44. The Hall–Kier alpha value is -2.16. The fourth-order valence-corrected chi connectivity index (χ4v) is 2.03. The number of hydrogen-bond donors (Lipinski definition) is 3.